The lowest BCUT2D eigenvalue weighted by atomic mass is 10.0. The van der Waals surface area contributed by atoms with E-state index in [-0.39, 0.29) is 30.4 Å². The van der Waals surface area contributed by atoms with E-state index >= 15 is 0 Å². The Bertz CT molecular complexity index is 449. The van der Waals surface area contributed by atoms with Crippen LogP contribution in [-0.4, -0.2) is 24.2 Å². The van der Waals surface area contributed by atoms with Crippen molar-refractivity contribution in [2.75, 3.05) is 12.3 Å². The molecule has 2 heterocycles. The molecule has 1 aromatic rings. The van der Waals surface area contributed by atoms with E-state index in [1.807, 2.05) is 11.8 Å². The van der Waals surface area contributed by atoms with Gasteiger partial charge in [0.05, 0.1) is 12.1 Å². The normalized spacial score (nSPS) is 25.3. The summed E-state index contributed by atoms with van der Waals surface area (Å²) in [4.78, 5) is 13.5. The van der Waals surface area contributed by atoms with Gasteiger partial charge in [-0.1, -0.05) is 18.2 Å². The smallest absolute Gasteiger partial charge is 0.237 e. The van der Waals surface area contributed by atoms with Gasteiger partial charge in [0, 0.05) is 10.6 Å². The minimum Gasteiger partial charge on any atom is -0.348 e. The number of hydrogen-bond donors (Lipinski definition) is 2. The number of amides is 1. The van der Waals surface area contributed by atoms with Gasteiger partial charge in [0.2, 0.25) is 5.91 Å². The van der Waals surface area contributed by atoms with Crippen molar-refractivity contribution < 1.29 is 4.79 Å². The fourth-order valence-corrected chi connectivity index (χ4v) is 3.80. The molecule has 104 valence electrons. The molecular weight excluding hydrogens is 280 g/mol. The third-order valence-corrected chi connectivity index (χ3v) is 4.77. The highest BCUT2D eigenvalue weighted by Crippen LogP contribution is 2.35. The molecule has 0 saturated carbocycles. The van der Waals surface area contributed by atoms with Crippen molar-refractivity contribution in [3.05, 3.63) is 29.8 Å². The summed E-state index contributed by atoms with van der Waals surface area (Å²) in [6.07, 6.45) is 3.10. The predicted molar refractivity (Wildman–Crippen MR) is 80.9 cm³/mol. The lowest BCUT2D eigenvalue weighted by molar-refractivity contribution is -0.123. The van der Waals surface area contributed by atoms with Gasteiger partial charge in [-0.05, 0) is 37.4 Å². The van der Waals surface area contributed by atoms with E-state index in [1.165, 1.54) is 10.5 Å². The molecule has 1 amide bonds. The standard InChI is InChI=1S/C14H18N2OS.ClH/c17-14(12-5-3-8-15-12)16-11-7-9-18-13-6-2-1-4-10(11)13;/h1-2,4,6,11-12,15H,3,5,7-9H2,(H,16,17);1H. The van der Waals surface area contributed by atoms with E-state index < -0.39 is 0 Å². The highest BCUT2D eigenvalue weighted by molar-refractivity contribution is 7.99. The number of rotatable bonds is 2. The second-order valence-corrected chi connectivity index (χ2v) is 6.02. The Labute approximate surface area is 124 Å². The van der Waals surface area contributed by atoms with Gasteiger partial charge >= 0.3 is 0 Å². The van der Waals surface area contributed by atoms with Gasteiger partial charge in [-0.25, -0.2) is 0 Å². The van der Waals surface area contributed by atoms with Gasteiger partial charge in [-0.3, -0.25) is 4.79 Å². The van der Waals surface area contributed by atoms with Crippen molar-refractivity contribution in [1.82, 2.24) is 10.6 Å². The van der Waals surface area contributed by atoms with Gasteiger partial charge in [-0.2, -0.15) is 0 Å². The molecule has 0 aliphatic carbocycles. The lowest BCUT2D eigenvalue weighted by Crippen LogP contribution is -2.42. The van der Waals surface area contributed by atoms with Gasteiger partial charge in [0.15, 0.2) is 0 Å². The summed E-state index contributed by atoms with van der Waals surface area (Å²) in [5.74, 6) is 1.25. The summed E-state index contributed by atoms with van der Waals surface area (Å²) in [7, 11) is 0. The number of fused-ring (bicyclic) bond motifs is 1. The van der Waals surface area contributed by atoms with E-state index in [0.29, 0.717) is 0 Å². The van der Waals surface area contributed by atoms with Crippen LogP contribution in [0.3, 0.4) is 0 Å². The summed E-state index contributed by atoms with van der Waals surface area (Å²) in [5.41, 5.74) is 1.28. The second-order valence-electron chi connectivity index (χ2n) is 4.89. The SMILES string of the molecule is Cl.O=C(NC1CCSc2ccccc21)C1CCCN1. The van der Waals surface area contributed by atoms with Crippen molar-refractivity contribution in [3.63, 3.8) is 0 Å². The maximum Gasteiger partial charge on any atom is 0.237 e. The van der Waals surface area contributed by atoms with Crippen LogP contribution in [0.5, 0.6) is 0 Å². The Kier molecular flexibility index (Phi) is 5.13. The van der Waals surface area contributed by atoms with E-state index in [9.17, 15) is 4.79 Å². The average Bonchev–Trinajstić information content (AvgIpc) is 2.93. The first-order chi connectivity index (χ1) is 8.84. The minimum absolute atomic E-state index is 0. The average molecular weight is 299 g/mol. The van der Waals surface area contributed by atoms with E-state index in [2.05, 4.69) is 34.9 Å². The Morgan fingerprint density at radius 2 is 2.16 bits per heavy atom. The number of carbonyl (C=O) groups is 1. The largest absolute Gasteiger partial charge is 0.348 e. The molecule has 3 nitrogen and oxygen atoms in total. The van der Waals surface area contributed by atoms with Crippen LogP contribution in [-0.2, 0) is 4.79 Å². The number of benzene rings is 1. The molecule has 1 saturated heterocycles. The van der Waals surface area contributed by atoms with Gasteiger partial charge < -0.3 is 10.6 Å². The summed E-state index contributed by atoms with van der Waals surface area (Å²) >= 11 is 1.88. The van der Waals surface area contributed by atoms with Crippen LogP contribution in [0, 0.1) is 0 Å². The number of carbonyl (C=O) groups excluding carboxylic acids is 1. The molecule has 19 heavy (non-hydrogen) atoms. The maximum absolute atomic E-state index is 12.1. The van der Waals surface area contributed by atoms with Gasteiger partial charge in [0.1, 0.15) is 0 Å². The number of hydrogen-bond acceptors (Lipinski definition) is 3. The third-order valence-electron chi connectivity index (χ3n) is 3.65. The van der Waals surface area contributed by atoms with Crippen LogP contribution < -0.4 is 10.6 Å². The zero-order valence-corrected chi connectivity index (χ0v) is 12.4. The molecule has 5 heteroatoms. The molecule has 0 aromatic heterocycles. The Morgan fingerprint density at radius 3 is 2.95 bits per heavy atom. The molecule has 3 rings (SSSR count). The molecule has 2 aliphatic heterocycles. The van der Waals surface area contributed by atoms with E-state index in [1.54, 1.807) is 0 Å². The third kappa shape index (κ3) is 3.25. The van der Waals surface area contributed by atoms with Gasteiger partial charge in [0.25, 0.3) is 0 Å². The summed E-state index contributed by atoms with van der Waals surface area (Å²) in [5, 5.41) is 6.45. The van der Waals surface area contributed by atoms with Crippen molar-refractivity contribution >= 4 is 30.1 Å². The molecule has 0 bridgehead atoms. The first kappa shape index (κ1) is 14.7. The summed E-state index contributed by atoms with van der Waals surface area (Å²) in [6.45, 7) is 0.967. The first-order valence-corrected chi connectivity index (χ1v) is 7.58. The second kappa shape index (κ2) is 6.64. The fourth-order valence-electron chi connectivity index (χ4n) is 2.67. The van der Waals surface area contributed by atoms with Gasteiger partial charge in [-0.15, -0.1) is 24.2 Å². The fraction of sp³-hybridized carbons (Fsp3) is 0.500. The maximum atomic E-state index is 12.1. The van der Waals surface area contributed by atoms with Crippen LogP contribution in [0.15, 0.2) is 29.2 Å². The molecule has 2 aliphatic rings. The van der Waals surface area contributed by atoms with Crippen molar-refractivity contribution in [3.8, 4) is 0 Å². The highest BCUT2D eigenvalue weighted by Gasteiger charge is 2.27. The quantitative estimate of drug-likeness (QED) is 0.881. The van der Waals surface area contributed by atoms with Crippen LogP contribution in [0.1, 0.15) is 30.9 Å². The van der Waals surface area contributed by atoms with Crippen molar-refractivity contribution in [2.45, 2.75) is 36.2 Å². The highest BCUT2D eigenvalue weighted by atomic mass is 35.5. The molecule has 0 radical (unpaired) electrons. The Morgan fingerprint density at radius 1 is 1.32 bits per heavy atom. The van der Waals surface area contributed by atoms with Crippen LogP contribution in [0.25, 0.3) is 0 Å². The number of halogens is 1. The zero-order valence-electron chi connectivity index (χ0n) is 10.7. The van der Waals surface area contributed by atoms with Crippen LogP contribution in [0.2, 0.25) is 0 Å². The Balaban J connectivity index is 0.00000133. The summed E-state index contributed by atoms with van der Waals surface area (Å²) in [6, 6.07) is 8.61. The summed E-state index contributed by atoms with van der Waals surface area (Å²) < 4.78 is 0. The van der Waals surface area contributed by atoms with Crippen molar-refractivity contribution in [2.24, 2.45) is 0 Å². The molecule has 2 unspecified atom stereocenters. The zero-order chi connectivity index (χ0) is 12.4. The molecule has 1 aromatic carbocycles. The lowest BCUT2D eigenvalue weighted by Gasteiger charge is -2.27. The first-order valence-electron chi connectivity index (χ1n) is 6.60. The Hall–Kier alpha value is -0.710. The van der Waals surface area contributed by atoms with Crippen LogP contribution >= 0.6 is 24.2 Å². The predicted octanol–water partition coefficient (Wildman–Crippen LogP) is 2.51. The van der Waals surface area contributed by atoms with E-state index in [4.69, 9.17) is 0 Å². The molecule has 2 N–H and O–H groups in total. The molecule has 1 fully saturated rings. The molecule has 0 spiro atoms. The topological polar surface area (TPSA) is 41.1 Å². The van der Waals surface area contributed by atoms with E-state index in [0.717, 1.165) is 31.6 Å². The monoisotopic (exact) mass is 298 g/mol. The molecular formula is C14H19ClN2OS. The number of thioether (sulfide) groups is 1. The minimum atomic E-state index is 0. The van der Waals surface area contributed by atoms with Crippen LogP contribution in [0.4, 0.5) is 0 Å². The number of nitrogens with one attached hydrogen (secondary N) is 2. The van der Waals surface area contributed by atoms with Crippen molar-refractivity contribution in [1.29, 1.82) is 0 Å². The molecule has 2 atom stereocenters.